The monoisotopic (exact) mass is 752 g/mol. The molecule has 0 fully saturated rings. The molecule has 59 heavy (non-hydrogen) atoms. The fourth-order valence-corrected chi connectivity index (χ4v) is 10.5. The fraction of sp³-hybridized carbons (Fsp3) is 0.0847. The van der Waals surface area contributed by atoms with Crippen LogP contribution in [0.4, 0.5) is 0 Å². The van der Waals surface area contributed by atoms with E-state index in [1.165, 1.54) is 106 Å². The Morgan fingerprint density at radius 3 is 1.27 bits per heavy atom. The average Bonchev–Trinajstić information content (AvgIpc) is 3.74. The first kappa shape index (κ1) is 35.2. The van der Waals surface area contributed by atoms with E-state index in [2.05, 4.69) is 233 Å². The standard InChI is InChI=1S/C59H44/c1-39-17-12-32-53-55(39)57-54(34-33-52-56(57)50-30-10-11-31-51(50)58(52,2)3)59(53,48-28-15-26-46(37-48)44-24-13-22-42(35-44)40-18-6-4-7-19-40)49-29-16-27-47(38-49)45-25-14-23-43(36-45)41-20-8-5-9-21-41/h4-38H,1-3H3. The van der Waals surface area contributed by atoms with Crippen molar-refractivity contribution in [2.24, 2.45) is 0 Å². The minimum atomic E-state index is -0.590. The highest BCUT2D eigenvalue weighted by molar-refractivity contribution is 6.01. The van der Waals surface area contributed by atoms with Gasteiger partial charge in [0.05, 0.1) is 5.41 Å². The second-order valence-electron chi connectivity index (χ2n) is 16.9. The molecule has 0 radical (unpaired) electrons. The van der Waals surface area contributed by atoms with Crippen molar-refractivity contribution in [1.29, 1.82) is 0 Å². The molecule has 9 aromatic rings. The van der Waals surface area contributed by atoms with Crippen LogP contribution in [-0.2, 0) is 10.8 Å². The van der Waals surface area contributed by atoms with Crippen LogP contribution in [0.2, 0.25) is 0 Å². The lowest BCUT2D eigenvalue weighted by Crippen LogP contribution is -2.29. The summed E-state index contributed by atoms with van der Waals surface area (Å²) >= 11 is 0. The molecule has 0 nitrogen and oxygen atoms in total. The molecule has 0 heterocycles. The largest absolute Gasteiger partial charge is 0.0714 e. The summed E-state index contributed by atoms with van der Waals surface area (Å²) in [4.78, 5) is 0. The van der Waals surface area contributed by atoms with Crippen LogP contribution in [0.1, 0.15) is 52.8 Å². The van der Waals surface area contributed by atoms with Gasteiger partial charge in [-0.1, -0.05) is 202 Å². The van der Waals surface area contributed by atoms with E-state index in [1.54, 1.807) is 0 Å². The number of fused-ring (bicyclic) bond motifs is 7. The van der Waals surface area contributed by atoms with Crippen LogP contribution in [0.3, 0.4) is 0 Å². The highest BCUT2D eigenvalue weighted by Crippen LogP contribution is 2.63. The lowest BCUT2D eigenvalue weighted by Gasteiger charge is -2.35. The quantitative estimate of drug-likeness (QED) is 0.159. The summed E-state index contributed by atoms with van der Waals surface area (Å²) in [6.07, 6.45) is 0. The van der Waals surface area contributed by atoms with E-state index in [1.807, 2.05) is 0 Å². The van der Waals surface area contributed by atoms with Gasteiger partial charge in [-0.05, 0) is 137 Å². The van der Waals surface area contributed by atoms with Gasteiger partial charge >= 0.3 is 0 Å². The van der Waals surface area contributed by atoms with Crippen LogP contribution in [0.15, 0.2) is 212 Å². The first-order valence-electron chi connectivity index (χ1n) is 20.8. The van der Waals surface area contributed by atoms with E-state index < -0.39 is 5.41 Å². The molecule has 0 saturated carbocycles. The highest BCUT2D eigenvalue weighted by Gasteiger charge is 2.50. The molecule has 0 saturated heterocycles. The molecule has 0 amide bonds. The zero-order chi connectivity index (χ0) is 39.7. The number of rotatable bonds is 6. The van der Waals surface area contributed by atoms with E-state index in [0.717, 1.165) is 0 Å². The van der Waals surface area contributed by atoms with Crippen molar-refractivity contribution in [3.8, 4) is 66.8 Å². The van der Waals surface area contributed by atoms with Gasteiger partial charge in [0.15, 0.2) is 0 Å². The molecule has 0 unspecified atom stereocenters. The van der Waals surface area contributed by atoms with Crippen molar-refractivity contribution in [3.63, 3.8) is 0 Å². The molecular weight excluding hydrogens is 709 g/mol. The Bertz CT molecular complexity index is 2950. The molecule has 0 aromatic heterocycles. The van der Waals surface area contributed by atoms with Crippen molar-refractivity contribution in [2.75, 3.05) is 0 Å². The number of hydrogen-bond donors (Lipinski definition) is 0. The van der Waals surface area contributed by atoms with Crippen molar-refractivity contribution in [1.82, 2.24) is 0 Å². The van der Waals surface area contributed by atoms with E-state index in [9.17, 15) is 0 Å². The summed E-state index contributed by atoms with van der Waals surface area (Å²) in [6.45, 7) is 7.09. The summed E-state index contributed by atoms with van der Waals surface area (Å²) < 4.78 is 0. The topological polar surface area (TPSA) is 0 Å². The molecule has 0 N–H and O–H groups in total. The first-order chi connectivity index (χ1) is 28.9. The van der Waals surface area contributed by atoms with E-state index in [-0.39, 0.29) is 5.41 Å². The number of hydrogen-bond acceptors (Lipinski definition) is 0. The Labute approximate surface area is 348 Å². The molecule has 11 rings (SSSR count). The third-order valence-corrected chi connectivity index (χ3v) is 13.3. The first-order valence-corrected chi connectivity index (χ1v) is 20.8. The lowest BCUT2D eigenvalue weighted by molar-refractivity contribution is 0.659. The molecule has 280 valence electrons. The van der Waals surface area contributed by atoms with Crippen molar-refractivity contribution >= 4 is 0 Å². The van der Waals surface area contributed by atoms with Gasteiger partial charge < -0.3 is 0 Å². The molecule has 9 aromatic carbocycles. The Kier molecular flexibility index (Phi) is 8.07. The smallest absolute Gasteiger partial charge is 0.0622 e. The Morgan fingerprint density at radius 2 is 0.695 bits per heavy atom. The summed E-state index contributed by atoms with van der Waals surface area (Å²) in [7, 11) is 0. The molecule has 2 aliphatic rings. The summed E-state index contributed by atoms with van der Waals surface area (Å²) in [5.41, 5.74) is 23.8. The number of aryl methyl sites for hydroxylation is 1. The van der Waals surface area contributed by atoms with E-state index >= 15 is 0 Å². The van der Waals surface area contributed by atoms with Gasteiger partial charge in [0.2, 0.25) is 0 Å². The normalized spacial score (nSPS) is 13.9. The van der Waals surface area contributed by atoms with Crippen molar-refractivity contribution < 1.29 is 0 Å². The summed E-state index contributed by atoms with van der Waals surface area (Å²) in [6, 6.07) is 79.2. The maximum atomic E-state index is 2.48. The van der Waals surface area contributed by atoms with Gasteiger partial charge in [-0.3, -0.25) is 0 Å². The molecule has 0 bridgehead atoms. The SMILES string of the molecule is Cc1cccc2c1-c1c(ccc3c1-c1ccccc1C3(C)C)C2(c1cccc(-c2cccc(-c3ccccc3)c2)c1)c1cccc(-c2cccc(-c3ccccc3)c2)c1. The minimum absolute atomic E-state index is 0.109. The van der Waals surface area contributed by atoms with Gasteiger partial charge in [0.25, 0.3) is 0 Å². The van der Waals surface area contributed by atoms with Crippen LogP contribution in [-0.4, -0.2) is 0 Å². The van der Waals surface area contributed by atoms with Crippen LogP contribution >= 0.6 is 0 Å². The fourth-order valence-electron chi connectivity index (χ4n) is 10.5. The molecule has 0 spiro atoms. The predicted octanol–water partition coefficient (Wildman–Crippen LogP) is 15.3. The minimum Gasteiger partial charge on any atom is -0.0622 e. The Hall–Kier alpha value is -7.02. The maximum absolute atomic E-state index is 2.48. The predicted molar refractivity (Wildman–Crippen MR) is 248 cm³/mol. The molecule has 0 heteroatoms. The van der Waals surface area contributed by atoms with E-state index in [4.69, 9.17) is 0 Å². The van der Waals surface area contributed by atoms with Gasteiger partial charge in [-0.2, -0.15) is 0 Å². The van der Waals surface area contributed by atoms with Crippen LogP contribution in [0.5, 0.6) is 0 Å². The molecule has 0 atom stereocenters. The second kappa shape index (κ2) is 13.5. The lowest BCUT2D eigenvalue weighted by atomic mass is 9.66. The third-order valence-electron chi connectivity index (χ3n) is 13.3. The molecule has 0 aliphatic heterocycles. The maximum Gasteiger partial charge on any atom is 0.0714 e. The van der Waals surface area contributed by atoms with Crippen LogP contribution < -0.4 is 0 Å². The number of benzene rings is 9. The zero-order valence-corrected chi connectivity index (χ0v) is 33.7. The Balaban J connectivity index is 1.20. The third kappa shape index (κ3) is 5.37. The van der Waals surface area contributed by atoms with Crippen molar-refractivity contribution in [3.05, 3.63) is 251 Å². The van der Waals surface area contributed by atoms with E-state index in [0.29, 0.717) is 0 Å². The molecule has 2 aliphatic carbocycles. The highest BCUT2D eigenvalue weighted by atomic mass is 14.5. The van der Waals surface area contributed by atoms with Crippen molar-refractivity contribution in [2.45, 2.75) is 31.6 Å². The van der Waals surface area contributed by atoms with Gasteiger partial charge in [-0.25, -0.2) is 0 Å². The average molecular weight is 753 g/mol. The van der Waals surface area contributed by atoms with Gasteiger partial charge in [0, 0.05) is 5.41 Å². The summed E-state index contributed by atoms with van der Waals surface area (Å²) in [5, 5.41) is 0. The summed E-state index contributed by atoms with van der Waals surface area (Å²) in [5.74, 6) is 0. The van der Waals surface area contributed by atoms with Gasteiger partial charge in [-0.15, -0.1) is 0 Å². The Morgan fingerprint density at radius 1 is 0.288 bits per heavy atom. The van der Waals surface area contributed by atoms with Crippen LogP contribution in [0.25, 0.3) is 66.8 Å². The van der Waals surface area contributed by atoms with Crippen LogP contribution in [0, 0.1) is 6.92 Å². The zero-order valence-electron chi connectivity index (χ0n) is 33.7. The second-order valence-corrected chi connectivity index (χ2v) is 16.9. The van der Waals surface area contributed by atoms with Gasteiger partial charge in [0.1, 0.15) is 0 Å². The molecular formula is C59H44.